The van der Waals surface area contributed by atoms with Gasteiger partial charge in [-0.1, -0.05) is 42.7 Å². The Kier molecular flexibility index (Phi) is 4.36. The second-order valence-corrected chi connectivity index (χ2v) is 6.31. The number of nitrogens with zero attached hydrogens (tertiary/aromatic N) is 1. The lowest BCUT2D eigenvalue weighted by molar-refractivity contribution is 0.611. The van der Waals surface area contributed by atoms with E-state index >= 15 is 0 Å². The third kappa shape index (κ3) is 3.33. The van der Waals surface area contributed by atoms with E-state index in [1.165, 1.54) is 31.7 Å². The van der Waals surface area contributed by atoms with Gasteiger partial charge < -0.3 is 4.98 Å². The molecule has 0 amide bonds. The number of H-pyrrole nitrogens is 1. The van der Waals surface area contributed by atoms with Crippen LogP contribution in [0, 0.1) is 10.5 Å². The van der Waals surface area contributed by atoms with Gasteiger partial charge in [-0.15, -0.1) is 0 Å². The van der Waals surface area contributed by atoms with Crippen molar-refractivity contribution >= 4 is 23.8 Å². The van der Waals surface area contributed by atoms with Gasteiger partial charge in [-0.05, 0) is 37.0 Å². The van der Waals surface area contributed by atoms with Crippen LogP contribution in [0.3, 0.4) is 0 Å². The third-order valence-corrected chi connectivity index (χ3v) is 4.58. The zero-order chi connectivity index (χ0) is 14.8. The van der Waals surface area contributed by atoms with E-state index in [0.29, 0.717) is 33.4 Å². The molecule has 1 heterocycles. The van der Waals surface area contributed by atoms with Crippen molar-refractivity contribution in [2.45, 2.75) is 38.0 Å². The fourth-order valence-electron chi connectivity index (χ4n) is 2.94. The molecule has 2 nitrogen and oxygen atoms in total. The van der Waals surface area contributed by atoms with Gasteiger partial charge in [0, 0.05) is 22.7 Å². The molecule has 2 aromatic rings. The predicted molar refractivity (Wildman–Crippen MR) is 84.8 cm³/mol. The minimum Gasteiger partial charge on any atom is -0.347 e. The topological polar surface area (TPSA) is 28.7 Å². The number of rotatable bonds is 3. The molecule has 5 heteroatoms. The average molecular weight is 323 g/mol. The second-order valence-electron chi connectivity index (χ2n) is 5.48. The second kappa shape index (κ2) is 6.24. The summed E-state index contributed by atoms with van der Waals surface area (Å²) in [6.07, 6.45) is 5.18. The van der Waals surface area contributed by atoms with Crippen LogP contribution in [0.15, 0.2) is 24.3 Å². The van der Waals surface area contributed by atoms with Gasteiger partial charge in [0.25, 0.3) is 0 Å². The van der Waals surface area contributed by atoms with E-state index in [1.807, 2.05) is 6.07 Å². The molecule has 1 saturated carbocycles. The highest BCUT2D eigenvalue weighted by Gasteiger charge is 2.19. The quantitative estimate of drug-likeness (QED) is 0.789. The van der Waals surface area contributed by atoms with E-state index < -0.39 is 0 Å². The molecule has 0 saturated heterocycles. The summed E-state index contributed by atoms with van der Waals surface area (Å²) in [6.45, 7) is 0. The van der Waals surface area contributed by atoms with Crippen molar-refractivity contribution in [3.63, 3.8) is 0 Å². The normalized spacial score (nSPS) is 15.5. The van der Waals surface area contributed by atoms with Gasteiger partial charge in [-0.25, -0.2) is 9.37 Å². The molecule has 0 atom stereocenters. The lowest BCUT2D eigenvalue weighted by atomic mass is 10.0. The molecule has 0 bridgehead atoms. The lowest BCUT2D eigenvalue weighted by Gasteiger charge is -2.12. The van der Waals surface area contributed by atoms with E-state index in [9.17, 15) is 4.39 Å². The maximum atomic E-state index is 13.9. The number of hydrogen-bond acceptors (Lipinski definition) is 2. The standard InChI is InChI=1S/C16H16ClFN2S/c17-12-6-3-7-13(18)11(12)8-15-19-14(9-16(21)20-15)10-4-1-2-5-10/h3,6-7,9-10H,1-2,4-5,8H2,(H,19,20,21). The number of benzene rings is 1. The summed E-state index contributed by atoms with van der Waals surface area (Å²) in [6, 6.07) is 6.63. The number of hydrogen-bond donors (Lipinski definition) is 1. The highest BCUT2D eigenvalue weighted by Crippen LogP contribution is 2.33. The zero-order valence-corrected chi connectivity index (χ0v) is 13.1. The van der Waals surface area contributed by atoms with Gasteiger partial charge in [0.15, 0.2) is 0 Å². The molecule has 21 heavy (non-hydrogen) atoms. The van der Waals surface area contributed by atoms with Crippen molar-refractivity contribution in [3.8, 4) is 0 Å². The van der Waals surface area contributed by atoms with Crippen LogP contribution in [0.2, 0.25) is 5.02 Å². The Bertz CT molecular complexity index is 687. The summed E-state index contributed by atoms with van der Waals surface area (Å²) < 4.78 is 14.4. The Morgan fingerprint density at radius 1 is 1.33 bits per heavy atom. The summed E-state index contributed by atoms with van der Waals surface area (Å²) >= 11 is 11.3. The smallest absolute Gasteiger partial charge is 0.130 e. The maximum absolute atomic E-state index is 13.9. The Morgan fingerprint density at radius 3 is 2.81 bits per heavy atom. The van der Waals surface area contributed by atoms with Crippen molar-refractivity contribution in [3.05, 3.63) is 56.8 Å². The van der Waals surface area contributed by atoms with Crippen molar-refractivity contribution in [2.75, 3.05) is 0 Å². The molecule has 0 spiro atoms. The Morgan fingerprint density at radius 2 is 2.10 bits per heavy atom. The Hall–Kier alpha value is -1.26. The first-order chi connectivity index (χ1) is 10.1. The predicted octanol–water partition coefficient (Wildman–Crippen LogP) is 5.18. The number of halogens is 2. The summed E-state index contributed by atoms with van der Waals surface area (Å²) in [4.78, 5) is 7.64. The average Bonchev–Trinajstić information content (AvgIpc) is 2.97. The van der Waals surface area contributed by atoms with E-state index in [1.54, 1.807) is 12.1 Å². The highest BCUT2D eigenvalue weighted by atomic mass is 35.5. The minimum absolute atomic E-state index is 0.310. The summed E-state index contributed by atoms with van der Waals surface area (Å²) in [5.41, 5.74) is 1.58. The van der Waals surface area contributed by atoms with Gasteiger partial charge in [-0.2, -0.15) is 0 Å². The lowest BCUT2D eigenvalue weighted by Crippen LogP contribution is -2.05. The van der Waals surface area contributed by atoms with Crippen LogP contribution in [0.4, 0.5) is 4.39 Å². The van der Waals surface area contributed by atoms with Crippen LogP contribution in [-0.2, 0) is 6.42 Å². The van der Waals surface area contributed by atoms with Crippen LogP contribution in [0.5, 0.6) is 0 Å². The molecule has 1 aromatic carbocycles. The van der Waals surface area contributed by atoms with E-state index in [0.717, 1.165) is 5.69 Å². The van der Waals surface area contributed by atoms with E-state index in [4.69, 9.17) is 23.8 Å². The summed E-state index contributed by atoms with van der Waals surface area (Å²) in [5.74, 6) is 0.885. The van der Waals surface area contributed by atoms with Gasteiger partial charge in [-0.3, -0.25) is 0 Å². The minimum atomic E-state index is -0.310. The van der Waals surface area contributed by atoms with Crippen molar-refractivity contribution in [1.82, 2.24) is 9.97 Å². The Labute approximate surface area is 133 Å². The zero-order valence-electron chi connectivity index (χ0n) is 11.5. The maximum Gasteiger partial charge on any atom is 0.130 e. The number of nitrogens with one attached hydrogen (secondary N) is 1. The number of aromatic nitrogens is 2. The van der Waals surface area contributed by atoms with Crippen LogP contribution in [-0.4, -0.2) is 9.97 Å². The molecule has 1 aliphatic carbocycles. The molecule has 0 aliphatic heterocycles. The van der Waals surface area contributed by atoms with Crippen LogP contribution < -0.4 is 0 Å². The molecule has 0 radical (unpaired) electrons. The van der Waals surface area contributed by atoms with Crippen LogP contribution in [0.25, 0.3) is 0 Å². The fourth-order valence-corrected chi connectivity index (χ4v) is 3.41. The third-order valence-electron chi connectivity index (χ3n) is 4.01. The molecular formula is C16H16ClFN2S. The SMILES string of the molecule is Fc1cccc(Cl)c1Cc1nc(=S)cc(C2CCCC2)[nH]1. The molecule has 1 aliphatic rings. The van der Waals surface area contributed by atoms with Crippen molar-refractivity contribution in [1.29, 1.82) is 0 Å². The molecule has 3 rings (SSSR count). The van der Waals surface area contributed by atoms with Gasteiger partial charge in [0.1, 0.15) is 16.3 Å². The molecular weight excluding hydrogens is 307 g/mol. The van der Waals surface area contributed by atoms with E-state index in [2.05, 4.69) is 9.97 Å². The molecule has 0 unspecified atom stereocenters. The van der Waals surface area contributed by atoms with Crippen LogP contribution in [0.1, 0.15) is 48.7 Å². The molecule has 1 fully saturated rings. The first kappa shape index (κ1) is 14.7. The van der Waals surface area contributed by atoms with Crippen LogP contribution >= 0.6 is 23.8 Å². The fraction of sp³-hybridized carbons (Fsp3) is 0.375. The molecule has 1 aromatic heterocycles. The van der Waals surface area contributed by atoms with E-state index in [-0.39, 0.29) is 5.82 Å². The van der Waals surface area contributed by atoms with Crippen molar-refractivity contribution in [2.24, 2.45) is 0 Å². The van der Waals surface area contributed by atoms with Gasteiger partial charge in [0.2, 0.25) is 0 Å². The molecule has 110 valence electrons. The van der Waals surface area contributed by atoms with Crippen molar-refractivity contribution < 1.29 is 4.39 Å². The van der Waals surface area contributed by atoms with Gasteiger partial charge >= 0.3 is 0 Å². The summed E-state index contributed by atoms with van der Waals surface area (Å²) in [7, 11) is 0. The first-order valence-corrected chi connectivity index (χ1v) is 7.95. The number of aromatic amines is 1. The summed E-state index contributed by atoms with van der Waals surface area (Å²) in [5, 5.41) is 0.419. The largest absolute Gasteiger partial charge is 0.347 e. The monoisotopic (exact) mass is 322 g/mol. The highest BCUT2D eigenvalue weighted by molar-refractivity contribution is 7.71. The Balaban J connectivity index is 1.93. The first-order valence-electron chi connectivity index (χ1n) is 7.16. The molecule has 1 N–H and O–H groups in total. The van der Waals surface area contributed by atoms with Gasteiger partial charge in [0.05, 0.1) is 0 Å².